The highest BCUT2D eigenvalue weighted by molar-refractivity contribution is 7.72. The van der Waals surface area contributed by atoms with Crippen molar-refractivity contribution in [1.82, 2.24) is 9.55 Å². The summed E-state index contributed by atoms with van der Waals surface area (Å²) < 4.78 is 24.4. The third-order valence-electron chi connectivity index (χ3n) is 3.65. The molecule has 1 aromatic rings. The average molecular weight is 370 g/mol. The van der Waals surface area contributed by atoms with Crippen LogP contribution >= 0.6 is 15.2 Å². The summed E-state index contributed by atoms with van der Waals surface area (Å²) >= 11 is 0. The van der Waals surface area contributed by atoms with Gasteiger partial charge in [0.2, 0.25) is 0 Å². The Bertz CT molecular complexity index is 570. The molecule has 1 aromatic heterocycles. The van der Waals surface area contributed by atoms with Gasteiger partial charge < -0.3 is 29.2 Å². The smallest absolute Gasteiger partial charge is 0.368 e. The average Bonchev–Trinajstić information content (AvgIpc) is 2.85. The van der Waals surface area contributed by atoms with E-state index in [1.807, 2.05) is 4.57 Å². The Balaban J connectivity index is 2.61. The monoisotopic (exact) mass is 370 g/mol. The summed E-state index contributed by atoms with van der Waals surface area (Å²) in [7, 11) is -10.7. The van der Waals surface area contributed by atoms with Gasteiger partial charge in [-0.05, 0) is 25.7 Å². The summed E-state index contributed by atoms with van der Waals surface area (Å²) in [6.07, 6.45) is 6.06. The van der Waals surface area contributed by atoms with Gasteiger partial charge in [-0.15, -0.1) is 0 Å². The second kappa shape index (κ2) is 8.03. The second-order valence-corrected chi connectivity index (χ2v) is 9.47. The van der Waals surface area contributed by atoms with Crippen LogP contribution in [0.5, 0.6) is 0 Å². The quantitative estimate of drug-likeness (QED) is 0.306. The molecule has 1 heterocycles. The van der Waals surface area contributed by atoms with E-state index in [4.69, 9.17) is 19.6 Å². The lowest BCUT2D eigenvalue weighted by molar-refractivity contribution is 0.120. The summed E-state index contributed by atoms with van der Waals surface area (Å²) in [6.45, 7) is 2.57. The highest BCUT2D eigenvalue weighted by Crippen LogP contribution is 2.69. The van der Waals surface area contributed by atoms with Gasteiger partial charge in [-0.2, -0.15) is 0 Å². The van der Waals surface area contributed by atoms with Crippen molar-refractivity contribution in [2.45, 2.75) is 57.1 Å². The molecule has 11 heteroatoms. The van der Waals surface area contributed by atoms with Gasteiger partial charge in [0.1, 0.15) is 5.82 Å². The molecular weight excluding hydrogens is 346 g/mol. The van der Waals surface area contributed by atoms with Gasteiger partial charge in [-0.3, -0.25) is 9.13 Å². The SMILES string of the molecule is CCCCc1nccn1CCCCC(O)(P(=O)(O)O)P(=O)(O)O. The molecule has 5 N–H and O–H groups in total. The Hall–Kier alpha value is -0.530. The molecule has 134 valence electrons. The van der Waals surface area contributed by atoms with Crippen molar-refractivity contribution < 1.29 is 33.8 Å². The number of aromatic nitrogens is 2. The Labute approximate surface area is 134 Å². The van der Waals surface area contributed by atoms with Crippen molar-refractivity contribution in [2.24, 2.45) is 0 Å². The van der Waals surface area contributed by atoms with Crippen LogP contribution in [0.2, 0.25) is 0 Å². The van der Waals surface area contributed by atoms with Crippen LogP contribution in [0, 0.1) is 0 Å². The molecule has 0 aliphatic rings. The van der Waals surface area contributed by atoms with Crippen molar-refractivity contribution in [3.8, 4) is 0 Å². The molecule has 0 aliphatic heterocycles. The number of unbranched alkanes of at least 4 members (excludes halogenated alkanes) is 2. The molecule has 0 unspecified atom stereocenters. The molecule has 9 nitrogen and oxygen atoms in total. The molecule has 0 saturated carbocycles. The normalized spacial score (nSPS) is 13.5. The number of hydrogen-bond acceptors (Lipinski definition) is 4. The Kier molecular flexibility index (Phi) is 7.16. The molecule has 0 aromatic carbocycles. The zero-order valence-electron chi connectivity index (χ0n) is 12.9. The highest BCUT2D eigenvalue weighted by atomic mass is 31.2. The van der Waals surface area contributed by atoms with E-state index in [2.05, 4.69) is 11.9 Å². The minimum Gasteiger partial charge on any atom is -0.368 e. The maximum atomic E-state index is 11.2. The first-order valence-corrected chi connectivity index (χ1v) is 10.6. The van der Waals surface area contributed by atoms with Crippen LogP contribution in [0.1, 0.15) is 44.9 Å². The number of imidazole rings is 1. The molecule has 1 rings (SSSR count). The van der Waals surface area contributed by atoms with E-state index in [-0.39, 0.29) is 6.42 Å². The van der Waals surface area contributed by atoms with Gasteiger partial charge >= 0.3 is 15.2 Å². The summed E-state index contributed by atoms with van der Waals surface area (Å²) in [5, 5.41) is 6.45. The molecule has 0 saturated heterocycles. The van der Waals surface area contributed by atoms with E-state index in [1.54, 1.807) is 12.4 Å². The maximum absolute atomic E-state index is 11.2. The fourth-order valence-corrected chi connectivity index (χ4v) is 4.47. The molecule has 0 bridgehead atoms. The predicted octanol–water partition coefficient (Wildman–Crippen LogP) is 1.40. The van der Waals surface area contributed by atoms with Crippen molar-refractivity contribution in [2.75, 3.05) is 0 Å². The zero-order chi connectivity index (χ0) is 17.7. The molecule has 0 fully saturated rings. The van der Waals surface area contributed by atoms with Crippen molar-refractivity contribution in [3.05, 3.63) is 18.2 Å². The van der Waals surface area contributed by atoms with E-state index < -0.39 is 26.7 Å². The number of aliphatic hydroxyl groups is 1. The van der Waals surface area contributed by atoms with Gasteiger partial charge in [-0.1, -0.05) is 13.3 Å². The first-order chi connectivity index (χ1) is 10.5. The van der Waals surface area contributed by atoms with Crippen molar-refractivity contribution in [1.29, 1.82) is 0 Å². The van der Waals surface area contributed by atoms with Crippen LogP contribution in [0.15, 0.2) is 12.4 Å². The highest BCUT2D eigenvalue weighted by Gasteiger charge is 2.58. The third-order valence-corrected chi connectivity index (χ3v) is 7.53. The first-order valence-electron chi connectivity index (χ1n) is 7.36. The molecule has 0 radical (unpaired) electrons. The lowest BCUT2D eigenvalue weighted by atomic mass is 10.2. The van der Waals surface area contributed by atoms with Gasteiger partial charge in [0.05, 0.1) is 0 Å². The molecule has 23 heavy (non-hydrogen) atoms. The van der Waals surface area contributed by atoms with Gasteiger partial charge in [0.15, 0.2) is 0 Å². The van der Waals surface area contributed by atoms with Gasteiger partial charge in [-0.25, -0.2) is 4.98 Å². The zero-order valence-corrected chi connectivity index (χ0v) is 14.7. The molecule has 0 aliphatic carbocycles. The van der Waals surface area contributed by atoms with E-state index in [0.29, 0.717) is 13.0 Å². The number of hydrogen-bond donors (Lipinski definition) is 5. The molecule has 0 amide bonds. The van der Waals surface area contributed by atoms with Crippen LogP contribution in [0.3, 0.4) is 0 Å². The van der Waals surface area contributed by atoms with Crippen LogP contribution in [0.4, 0.5) is 0 Å². The van der Waals surface area contributed by atoms with Crippen LogP contribution < -0.4 is 0 Å². The topological polar surface area (TPSA) is 153 Å². The fourth-order valence-electron chi connectivity index (χ4n) is 2.21. The Morgan fingerprint density at radius 1 is 1.13 bits per heavy atom. The molecular formula is C12H24N2O7P2. The fraction of sp³-hybridized carbons (Fsp3) is 0.750. The summed E-state index contributed by atoms with van der Waals surface area (Å²) in [6, 6.07) is 0. The standard InChI is InChI=1S/C12H24N2O7P2/c1-2-3-6-11-13-8-10-14(11)9-5-4-7-12(15,22(16,17)18)23(19,20)21/h8,10,15H,2-7,9H2,1H3,(H2,16,17,18)(H2,19,20,21). The lowest BCUT2D eigenvalue weighted by Gasteiger charge is -2.29. The largest absolute Gasteiger partial charge is 0.369 e. The van der Waals surface area contributed by atoms with Crippen LogP contribution in [-0.4, -0.2) is 39.3 Å². The predicted molar refractivity (Wildman–Crippen MR) is 83.7 cm³/mol. The van der Waals surface area contributed by atoms with Crippen LogP contribution in [-0.2, 0) is 22.1 Å². The molecule has 0 spiro atoms. The van der Waals surface area contributed by atoms with Gasteiger partial charge in [0.25, 0.3) is 5.08 Å². The van der Waals surface area contributed by atoms with Crippen molar-refractivity contribution >= 4 is 15.2 Å². The second-order valence-electron chi connectivity index (χ2n) is 5.46. The first kappa shape index (κ1) is 20.5. The third kappa shape index (κ3) is 5.22. The number of rotatable bonds is 10. The lowest BCUT2D eigenvalue weighted by Crippen LogP contribution is -2.28. The Morgan fingerprint density at radius 3 is 2.26 bits per heavy atom. The summed E-state index contributed by atoms with van der Waals surface area (Å²) in [5.74, 6) is 0.895. The summed E-state index contributed by atoms with van der Waals surface area (Å²) in [4.78, 5) is 40.4. The van der Waals surface area contributed by atoms with E-state index >= 15 is 0 Å². The van der Waals surface area contributed by atoms with E-state index in [1.165, 1.54) is 0 Å². The number of nitrogens with zero attached hydrogens (tertiary/aromatic N) is 2. The molecule has 0 atom stereocenters. The van der Waals surface area contributed by atoms with Gasteiger partial charge in [0, 0.05) is 25.4 Å². The summed E-state index contributed by atoms with van der Waals surface area (Å²) in [5.41, 5.74) is 0. The van der Waals surface area contributed by atoms with E-state index in [0.717, 1.165) is 25.1 Å². The number of aryl methyl sites for hydroxylation is 2. The minimum absolute atomic E-state index is 0.0537. The maximum Gasteiger partial charge on any atom is 0.369 e. The van der Waals surface area contributed by atoms with Crippen molar-refractivity contribution in [3.63, 3.8) is 0 Å². The minimum atomic E-state index is -5.36. The van der Waals surface area contributed by atoms with E-state index in [9.17, 15) is 14.2 Å². The Morgan fingerprint density at radius 2 is 1.74 bits per heavy atom. The van der Waals surface area contributed by atoms with Crippen LogP contribution in [0.25, 0.3) is 0 Å².